The SMILES string of the molecule is CCOc1cccc(CN2CC(c3noc(-c4cccc(N(C)C)c4)n3)CC2=O)c1. The Morgan fingerprint density at radius 2 is 2.03 bits per heavy atom. The van der Waals surface area contributed by atoms with Crippen LogP contribution in [0.3, 0.4) is 0 Å². The lowest BCUT2D eigenvalue weighted by Crippen LogP contribution is -2.24. The number of rotatable bonds is 7. The van der Waals surface area contributed by atoms with E-state index >= 15 is 0 Å². The van der Waals surface area contributed by atoms with E-state index in [0.717, 1.165) is 22.6 Å². The molecule has 1 fully saturated rings. The zero-order chi connectivity index (χ0) is 21.1. The normalized spacial score (nSPS) is 16.2. The summed E-state index contributed by atoms with van der Waals surface area (Å²) in [5.74, 6) is 1.91. The molecule has 30 heavy (non-hydrogen) atoms. The third-order valence-electron chi connectivity index (χ3n) is 5.21. The molecule has 7 heteroatoms. The quantitative estimate of drug-likeness (QED) is 0.596. The summed E-state index contributed by atoms with van der Waals surface area (Å²) >= 11 is 0. The van der Waals surface area contributed by atoms with Crippen molar-refractivity contribution in [2.24, 2.45) is 0 Å². The van der Waals surface area contributed by atoms with Gasteiger partial charge in [-0.2, -0.15) is 4.98 Å². The van der Waals surface area contributed by atoms with Gasteiger partial charge in [-0.25, -0.2) is 0 Å². The molecule has 0 bridgehead atoms. The summed E-state index contributed by atoms with van der Waals surface area (Å²) in [5, 5.41) is 4.16. The van der Waals surface area contributed by atoms with Crippen molar-refractivity contribution in [1.82, 2.24) is 15.0 Å². The van der Waals surface area contributed by atoms with Crippen molar-refractivity contribution in [1.29, 1.82) is 0 Å². The summed E-state index contributed by atoms with van der Waals surface area (Å²) in [6, 6.07) is 15.8. The average Bonchev–Trinajstić information content (AvgIpc) is 3.36. The summed E-state index contributed by atoms with van der Waals surface area (Å²) < 4.78 is 11.1. The standard InChI is InChI=1S/C23H26N4O3/c1-4-29-20-10-5-7-16(11-20)14-27-15-18(13-21(27)28)22-24-23(30-25-22)17-8-6-9-19(12-17)26(2)3/h5-12,18H,4,13-15H2,1-3H3. The smallest absolute Gasteiger partial charge is 0.258 e. The molecule has 1 aliphatic rings. The maximum absolute atomic E-state index is 12.6. The van der Waals surface area contributed by atoms with Crippen LogP contribution in [0.25, 0.3) is 11.5 Å². The molecule has 0 saturated carbocycles. The van der Waals surface area contributed by atoms with Crippen molar-refractivity contribution >= 4 is 11.6 Å². The van der Waals surface area contributed by atoms with E-state index in [-0.39, 0.29) is 11.8 Å². The average molecular weight is 406 g/mol. The Balaban J connectivity index is 1.46. The van der Waals surface area contributed by atoms with Gasteiger partial charge in [0.25, 0.3) is 5.89 Å². The van der Waals surface area contributed by atoms with Gasteiger partial charge in [-0.05, 0) is 42.8 Å². The van der Waals surface area contributed by atoms with Gasteiger partial charge in [-0.1, -0.05) is 23.4 Å². The summed E-state index contributed by atoms with van der Waals surface area (Å²) in [5.41, 5.74) is 2.97. The predicted molar refractivity (Wildman–Crippen MR) is 114 cm³/mol. The fraction of sp³-hybridized carbons (Fsp3) is 0.348. The second-order valence-corrected chi connectivity index (χ2v) is 7.66. The van der Waals surface area contributed by atoms with Crippen molar-refractivity contribution in [2.75, 3.05) is 32.1 Å². The lowest BCUT2D eigenvalue weighted by atomic mass is 10.1. The number of benzene rings is 2. The largest absolute Gasteiger partial charge is 0.494 e. The second kappa shape index (κ2) is 8.57. The van der Waals surface area contributed by atoms with Crippen LogP contribution in [0, 0.1) is 0 Å². The first kappa shape index (κ1) is 19.9. The van der Waals surface area contributed by atoms with Gasteiger partial charge in [0.15, 0.2) is 5.82 Å². The summed E-state index contributed by atoms with van der Waals surface area (Å²) in [7, 11) is 3.97. The summed E-state index contributed by atoms with van der Waals surface area (Å²) in [6.45, 7) is 3.70. The van der Waals surface area contributed by atoms with Crippen LogP contribution < -0.4 is 9.64 Å². The number of ether oxygens (including phenoxy) is 1. The van der Waals surface area contributed by atoms with E-state index in [1.165, 1.54) is 0 Å². The third kappa shape index (κ3) is 4.30. The number of carbonyl (C=O) groups is 1. The molecule has 1 atom stereocenters. The van der Waals surface area contributed by atoms with Crippen LogP contribution in [0.15, 0.2) is 53.1 Å². The van der Waals surface area contributed by atoms with Crippen LogP contribution in [-0.2, 0) is 11.3 Å². The van der Waals surface area contributed by atoms with Crippen molar-refractivity contribution in [3.63, 3.8) is 0 Å². The fourth-order valence-electron chi connectivity index (χ4n) is 3.65. The third-order valence-corrected chi connectivity index (χ3v) is 5.21. The molecule has 2 heterocycles. The van der Waals surface area contributed by atoms with E-state index < -0.39 is 0 Å². The van der Waals surface area contributed by atoms with Gasteiger partial charge in [-0.3, -0.25) is 4.79 Å². The fourth-order valence-corrected chi connectivity index (χ4v) is 3.65. The number of anilines is 1. The molecule has 156 valence electrons. The molecule has 1 amide bonds. The highest BCUT2D eigenvalue weighted by molar-refractivity contribution is 5.79. The van der Waals surface area contributed by atoms with E-state index in [2.05, 4.69) is 10.1 Å². The van der Waals surface area contributed by atoms with Crippen LogP contribution in [0.4, 0.5) is 5.69 Å². The monoisotopic (exact) mass is 406 g/mol. The number of likely N-dealkylation sites (tertiary alicyclic amines) is 1. The molecule has 7 nitrogen and oxygen atoms in total. The lowest BCUT2D eigenvalue weighted by molar-refractivity contribution is -0.128. The number of aromatic nitrogens is 2. The molecular formula is C23H26N4O3. The zero-order valence-electron chi connectivity index (χ0n) is 17.5. The van der Waals surface area contributed by atoms with Gasteiger partial charge in [0.1, 0.15) is 5.75 Å². The maximum atomic E-state index is 12.6. The minimum absolute atomic E-state index is 0.0675. The molecule has 0 aliphatic carbocycles. The summed E-state index contributed by atoms with van der Waals surface area (Å²) in [6.07, 6.45) is 0.391. The molecule has 0 radical (unpaired) electrons. The van der Waals surface area contributed by atoms with Crippen LogP contribution in [0.5, 0.6) is 5.75 Å². The second-order valence-electron chi connectivity index (χ2n) is 7.66. The van der Waals surface area contributed by atoms with E-state index in [1.54, 1.807) is 0 Å². The van der Waals surface area contributed by atoms with E-state index in [1.807, 2.05) is 79.3 Å². The zero-order valence-corrected chi connectivity index (χ0v) is 17.5. The molecule has 0 N–H and O–H groups in total. The van der Waals surface area contributed by atoms with Crippen LogP contribution in [0.2, 0.25) is 0 Å². The minimum Gasteiger partial charge on any atom is -0.494 e. The topological polar surface area (TPSA) is 71.7 Å². The molecule has 1 aliphatic heterocycles. The Labute approximate surface area is 176 Å². The van der Waals surface area contributed by atoms with E-state index in [4.69, 9.17) is 9.26 Å². The van der Waals surface area contributed by atoms with Gasteiger partial charge in [0, 0.05) is 50.8 Å². The number of hydrogen-bond acceptors (Lipinski definition) is 6. The van der Waals surface area contributed by atoms with Gasteiger partial charge < -0.3 is 19.1 Å². The van der Waals surface area contributed by atoms with Crippen LogP contribution >= 0.6 is 0 Å². The van der Waals surface area contributed by atoms with Gasteiger partial charge >= 0.3 is 0 Å². The summed E-state index contributed by atoms with van der Waals surface area (Å²) in [4.78, 5) is 21.0. The van der Waals surface area contributed by atoms with Crippen molar-refractivity contribution in [3.05, 3.63) is 59.9 Å². The number of amides is 1. The highest BCUT2D eigenvalue weighted by Gasteiger charge is 2.33. The lowest BCUT2D eigenvalue weighted by Gasteiger charge is -2.16. The Morgan fingerprint density at radius 3 is 2.83 bits per heavy atom. The molecule has 1 aromatic heterocycles. The Bertz CT molecular complexity index is 1030. The Hall–Kier alpha value is -3.35. The number of carbonyl (C=O) groups excluding carboxylic acids is 1. The Kier molecular flexibility index (Phi) is 5.70. The van der Waals surface area contributed by atoms with E-state index in [0.29, 0.717) is 37.8 Å². The first-order valence-electron chi connectivity index (χ1n) is 10.1. The molecule has 2 aromatic carbocycles. The van der Waals surface area contributed by atoms with Gasteiger partial charge in [-0.15, -0.1) is 0 Å². The predicted octanol–water partition coefficient (Wildman–Crippen LogP) is 3.72. The molecule has 3 aromatic rings. The van der Waals surface area contributed by atoms with Crippen molar-refractivity contribution < 1.29 is 14.1 Å². The van der Waals surface area contributed by atoms with E-state index in [9.17, 15) is 4.79 Å². The molecule has 0 spiro atoms. The van der Waals surface area contributed by atoms with Crippen LogP contribution in [-0.4, -0.2) is 48.2 Å². The Morgan fingerprint density at radius 1 is 1.20 bits per heavy atom. The first-order valence-corrected chi connectivity index (χ1v) is 10.1. The van der Waals surface area contributed by atoms with Crippen molar-refractivity contribution in [3.8, 4) is 17.2 Å². The minimum atomic E-state index is -0.0675. The first-order chi connectivity index (χ1) is 14.5. The van der Waals surface area contributed by atoms with Crippen LogP contribution in [0.1, 0.15) is 30.7 Å². The highest BCUT2D eigenvalue weighted by atomic mass is 16.5. The van der Waals surface area contributed by atoms with Gasteiger partial charge in [0.05, 0.1) is 6.61 Å². The number of hydrogen-bond donors (Lipinski definition) is 0. The van der Waals surface area contributed by atoms with Gasteiger partial charge in [0.2, 0.25) is 5.91 Å². The number of nitrogens with zero attached hydrogens (tertiary/aromatic N) is 4. The molecule has 1 saturated heterocycles. The maximum Gasteiger partial charge on any atom is 0.258 e. The molecular weight excluding hydrogens is 380 g/mol. The highest BCUT2D eigenvalue weighted by Crippen LogP contribution is 2.30. The molecule has 1 unspecified atom stereocenters. The van der Waals surface area contributed by atoms with Crippen molar-refractivity contribution in [2.45, 2.75) is 25.8 Å². The molecule has 4 rings (SSSR count).